The van der Waals surface area contributed by atoms with Crippen LogP contribution in [0.4, 0.5) is 0 Å². The second kappa shape index (κ2) is 89.8. The van der Waals surface area contributed by atoms with E-state index in [1.54, 1.807) is 0 Å². The van der Waals surface area contributed by atoms with Crippen LogP contribution in [0.15, 0.2) is 0 Å². The van der Waals surface area contributed by atoms with E-state index in [-0.39, 0.29) is 52.0 Å². The summed E-state index contributed by atoms with van der Waals surface area (Å²) in [4.78, 5) is 0. The quantitative estimate of drug-likeness (QED) is 0.332. The maximum Gasteiger partial charge on any atom is 4.00 e. The molecule has 0 aromatic rings. The summed E-state index contributed by atoms with van der Waals surface area (Å²) in [5.74, 6) is 0. The maximum absolute atomic E-state index is 0. The average molecular weight is 123 g/mol. The van der Waals surface area contributed by atoms with E-state index in [1.165, 1.54) is 0 Å². The van der Waals surface area contributed by atoms with E-state index in [1.807, 2.05) is 0 Å². The van der Waals surface area contributed by atoms with E-state index >= 15 is 0 Å². The molecule has 0 aromatic heterocycles. The Morgan fingerprint density at radius 2 is 0.800 bits per heavy atom. The predicted molar refractivity (Wildman–Crippen MR) is 18.5 cm³/mol. The van der Waals surface area contributed by atoms with Crippen LogP contribution in [-0.2, 0) is 32.7 Å². The minimum Gasteiger partial charge on any atom is -2.00 e. The molecular formula is H4BO2SiTi. The molecule has 3 radical (unpaired) electrons. The van der Waals surface area contributed by atoms with Gasteiger partial charge in [0, 0.05) is 8.41 Å². The normalized spacial score (nSPS) is 0. The Morgan fingerprint density at radius 3 is 0.800 bits per heavy atom. The molecule has 0 rings (SSSR count). The molecule has 0 aliphatic rings. The van der Waals surface area contributed by atoms with Gasteiger partial charge in [-0.1, -0.05) is 0 Å². The monoisotopic (exact) mass is 123 g/mol. The second-order valence-electron chi connectivity index (χ2n) is 0. The van der Waals surface area contributed by atoms with E-state index in [0.29, 0.717) is 0 Å². The van der Waals surface area contributed by atoms with Crippen LogP contribution in [0.5, 0.6) is 0 Å². The maximum atomic E-state index is 0. The van der Waals surface area contributed by atoms with Crippen molar-refractivity contribution in [1.82, 2.24) is 0 Å². The summed E-state index contributed by atoms with van der Waals surface area (Å²) < 4.78 is 0. The largest absolute Gasteiger partial charge is 4.00 e. The van der Waals surface area contributed by atoms with Crippen molar-refractivity contribution in [2.45, 2.75) is 0 Å². The Kier molecular flexibility index (Phi) is 3060. The molecule has 0 saturated carbocycles. The Hall–Kier alpha value is 0.916. The molecule has 0 atom stereocenters. The molecule has 0 fully saturated rings. The third-order valence-electron chi connectivity index (χ3n) is 0. The summed E-state index contributed by atoms with van der Waals surface area (Å²) in [7, 11) is 0. The molecule has 27 valence electrons. The minimum atomic E-state index is 0. The second-order valence-corrected chi connectivity index (χ2v) is 0. The fourth-order valence-corrected chi connectivity index (χ4v) is 0. The van der Waals surface area contributed by atoms with Crippen LogP contribution in [0.3, 0.4) is 0 Å². The smallest absolute Gasteiger partial charge is 2.00 e. The predicted octanol–water partition coefficient (Wildman–Crippen LogP) is -2.07. The van der Waals surface area contributed by atoms with Crippen molar-refractivity contribution >= 4 is 19.4 Å². The van der Waals surface area contributed by atoms with Crippen LogP contribution < -0.4 is 0 Å². The summed E-state index contributed by atoms with van der Waals surface area (Å²) >= 11 is 0. The number of hydrogen-bond donors (Lipinski definition) is 0. The van der Waals surface area contributed by atoms with E-state index < -0.39 is 0 Å². The third-order valence-corrected chi connectivity index (χ3v) is 0. The zero-order valence-electron chi connectivity index (χ0n) is 1.89. The molecule has 0 aliphatic carbocycles. The average Bonchev–Trinajstić information content (AvgIpc) is 0. The van der Waals surface area contributed by atoms with Crippen molar-refractivity contribution in [2.75, 3.05) is 0 Å². The van der Waals surface area contributed by atoms with Crippen molar-refractivity contribution in [3.63, 3.8) is 0 Å². The standard InChI is InChI=1S/B.2O.H4Si.Ti/h;;;1H4;/q;2*-2;;+4. The van der Waals surface area contributed by atoms with Gasteiger partial charge in [-0.3, -0.25) is 0 Å². The molecule has 0 aliphatic heterocycles. The summed E-state index contributed by atoms with van der Waals surface area (Å²) in [6.07, 6.45) is 0. The summed E-state index contributed by atoms with van der Waals surface area (Å²) in [6, 6.07) is 0. The van der Waals surface area contributed by atoms with Crippen molar-refractivity contribution < 1.29 is 32.7 Å². The van der Waals surface area contributed by atoms with Gasteiger partial charge < -0.3 is 11.0 Å². The zero-order valence-corrected chi connectivity index (χ0v) is 3.46. The van der Waals surface area contributed by atoms with Gasteiger partial charge in [-0.15, -0.1) is 0 Å². The first-order chi connectivity index (χ1) is 0. The zero-order chi connectivity index (χ0) is 0. The molecule has 0 heterocycles. The summed E-state index contributed by atoms with van der Waals surface area (Å²) in [5, 5.41) is 0. The SMILES string of the molecule is [B].[O-2].[O-2].[SiH4].[Ti+4]. The van der Waals surface area contributed by atoms with Gasteiger partial charge in [0.1, 0.15) is 0 Å². The Bertz CT molecular complexity index is 9.61. The molecule has 5 heavy (non-hydrogen) atoms. The van der Waals surface area contributed by atoms with Crippen LogP contribution in [0.2, 0.25) is 0 Å². The molecule has 5 heteroatoms. The van der Waals surface area contributed by atoms with Gasteiger partial charge in [-0.25, -0.2) is 0 Å². The number of hydrogen-bond acceptors (Lipinski definition) is 0. The first-order valence-corrected chi connectivity index (χ1v) is 0. The molecule has 0 N–H and O–H groups in total. The van der Waals surface area contributed by atoms with Crippen LogP contribution in [0.25, 0.3) is 0 Å². The van der Waals surface area contributed by atoms with Crippen molar-refractivity contribution in [2.24, 2.45) is 0 Å². The van der Waals surface area contributed by atoms with Gasteiger partial charge in [0.2, 0.25) is 0 Å². The van der Waals surface area contributed by atoms with E-state index in [2.05, 4.69) is 0 Å². The van der Waals surface area contributed by atoms with Gasteiger partial charge in [0.15, 0.2) is 0 Å². The summed E-state index contributed by atoms with van der Waals surface area (Å²) in [5.41, 5.74) is 0. The van der Waals surface area contributed by atoms with Crippen LogP contribution in [-0.4, -0.2) is 19.4 Å². The molecular weight excluding hydrogens is 119 g/mol. The third kappa shape index (κ3) is 49.8. The topological polar surface area (TPSA) is 57.0 Å². The van der Waals surface area contributed by atoms with Crippen LogP contribution in [0.1, 0.15) is 0 Å². The van der Waals surface area contributed by atoms with Gasteiger partial charge in [-0.05, 0) is 11.0 Å². The van der Waals surface area contributed by atoms with Gasteiger partial charge in [0.05, 0.1) is 0 Å². The van der Waals surface area contributed by atoms with E-state index in [0.717, 1.165) is 0 Å². The molecule has 0 aromatic carbocycles. The Morgan fingerprint density at radius 1 is 0.800 bits per heavy atom. The fourth-order valence-electron chi connectivity index (χ4n) is 0. The first-order valence-electron chi connectivity index (χ1n) is 0. The summed E-state index contributed by atoms with van der Waals surface area (Å²) in [6.45, 7) is 0. The molecule has 2 nitrogen and oxygen atoms in total. The fraction of sp³-hybridized carbons (Fsp3) is 0. The van der Waals surface area contributed by atoms with E-state index in [9.17, 15) is 0 Å². The first kappa shape index (κ1) is 170. The molecule has 0 bridgehead atoms. The van der Waals surface area contributed by atoms with Crippen molar-refractivity contribution in [3.8, 4) is 0 Å². The Labute approximate surface area is 52.4 Å². The molecule has 0 unspecified atom stereocenters. The van der Waals surface area contributed by atoms with Crippen molar-refractivity contribution in [3.05, 3.63) is 0 Å². The van der Waals surface area contributed by atoms with Crippen LogP contribution >= 0.6 is 0 Å². The van der Waals surface area contributed by atoms with Crippen molar-refractivity contribution in [1.29, 1.82) is 0 Å². The molecule has 0 amide bonds. The van der Waals surface area contributed by atoms with Gasteiger partial charge in [0.25, 0.3) is 0 Å². The number of rotatable bonds is 0. The van der Waals surface area contributed by atoms with Gasteiger partial charge in [-0.2, -0.15) is 0 Å². The van der Waals surface area contributed by atoms with Gasteiger partial charge >= 0.3 is 21.7 Å². The molecule has 0 saturated heterocycles. The minimum absolute atomic E-state index is 0. The van der Waals surface area contributed by atoms with E-state index in [4.69, 9.17) is 0 Å². The van der Waals surface area contributed by atoms with Crippen LogP contribution in [0, 0.1) is 0 Å². The Balaban J connectivity index is 0. The molecule has 0 spiro atoms.